The number of nitriles is 1. The van der Waals surface area contributed by atoms with Gasteiger partial charge in [-0.05, 0) is 31.4 Å². The first-order valence-electron chi connectivity index (χ1n) is 6.81. The van der Waals surface area contributed by atoms with Crippen LogP contribution in [0.15, 0.2) is 12.1 Å². The standard InChI is InChI=1S/C14H17F3N4/c1-10-2-3-13(20-12(10)8-18)19-11-4-6-21(7-5-11)9-14(15,16)17/h2-3,11H,4-7,9H2,1H3,(H,19,20). The van der Waals surface area contributed by atoms with Gasteiger partial charge in [-0.3, -0.25) is 4.90 Å². The summed E-state index contributed by atoms with van der Waals surface area (Å²) in [6, 6.07) is 5.72. The van der Waals surface area contributed by atoms with Crippen LogP contribution in [0.4, 0.5) is 19.0 Å². The van der Waals surface area contributed by atoms with E-state index in [0.29, 0.717) is 37.4 Å². The van der Waals surface area contributed by atoms with Crippen molar-refractivity contribution < 1.29 is 13.2 Å². The number of alkyl halides is 3. The molecule has 21 heavy (non-hydrogen) atoms. The Bertz CT molecular complexity index is 528. The van der Waals surface area contributed by atoms with Gasteiger partial charge in [-0.15, -0.1) is 0 Å². The molecule has 4 nitrogen and oxygen atoms in total. The van der Waals surface area contributed by atoms with E-state index in [9.17, 15) is 13.2 Å². The maximum Gasteiger partial charge on any atom is 0.401 e. The van der Waals surface area contributed by atoms with Gasteiger partial charge in [-0.25, -0.2) is 4.98 Å². The first kappa shape index (κ1) is 15.6. The number of anilines is 1. The van der Waals surface area contributed by atoms with E-state index in [0.717, 1.165) is 5.56 Å². The predicted octanol–water partition coefficient (Wildman–Crippen LogP) is 2.70. The third-order valence-corrected chi connectivity index (χ3v) is 3.55. The van der Waals surface area contributed by atoms with Crippen molar-refractivity contribution in [1.82, 2.24) is 9.88 Å². The molecular weight excluding hydrogens is 281 g/mol. The van der Waals surface area contributed by atoms with Crippen LogP contribution in [0.5, 0.6) is 0 Å². The van der Waals surface area contributed by atoms with Crippen molar-refractivity contribution in [1.29, 1.82) is 5.26 Å². The predicted molar refractivity (Wildman–Crippen MR) is 72.8 cm³/mol. The molecule has 7 heteroatoms. The minimum atomic E-state index is -4.14. The Morgan fingerprint density at radius 2 is 2.05 bits per heavy atom. The highest BCUT2D eigenvalue weighted by atomic mass is 19.4. The van der Waals surface area contributed by atoms with Crippen molar-refractivity contribution >= 4 is 5.82 Å². The van der Waals surface area contributed by atoms with Gasteiger partial charge in [0.15, 0.2) is 0 Å². The number of rotatable bonds is 3. The number of pyridine rings is 1. The summed E-state index contributed by atoms with van der Waals surface area (Å²) < 4.78 is 36.9. The fraction of sp³-hybridized carbons (Fsp3) is 0.571. The van der Waals surface area contributed by atoms with Crippen LogP contribution >= 0.6 is 0 Å². The number of aryl methyl sites for hydroxylation is 1. The molecule has 2 heterocycles. The van der Waals surface area contributed by atoms with Gasteiger partial charge in [0, 0.05) is 19.1 Å². The molecule has 0 aliphatic carbocycles. The summed E-state index contributed by atoms with van der Waals surface area (Å²) in [5.74, 6) is 0.603. The van der Waals surface area contributed by atoms with E-state index in [2.05, 4.69) is 10.3 Å². The largest absolute Gasteiger partial charge is 0.401 e. The Hall–Kier alpha value is -1.81. The van der Waals surface area contributed by atoms with Gasteiger partial charge in [0.2, 0.25) is 0 Å². The molecule has 1 saturated heterocycles. The van der Waals surface area contributed by atoms with Crippen molar-refractivity contribution in [2.24, 2.45) is 0 Å². The molecule has 0 radical (unpaired) electrons. The third kappa shape index (κ3) is 4.60. The van der Waals surface area contributed by atoms with Gasteiger partial charge < -0.3 is 5.32 Å². The third-order valence-electron chi connectivity index (χ3n) is 3.55. The van der Waals surface area contributed by atoms with Crippen molar-refractivity contribution in [3.63, 3.8) is 0 Å². The van der Waals surface area contributed by atoms with Crippen molar-refractivity contribution in [2.75, 3.05) is 25.0 Å². The number of nitrogens with zero attached hydrogens (tertiary/aromatic N) is 3. The molecule has 1 aromatic heterocycles. The maximum absolute atomic E-state index is 12.3. The summed E-state index contributed by atoms with van der Waals surface area (Å²) in [7, 11) is 0. The smallest absolute Gasteiger partial charge is 0.367 e. The van der Waals surface area contributed by atoms with E-state index < -0.39 is 12.7 Å². The molecule has 1 fully saturated rings. The zero-order valence-electron chi connectivity index (χ0n) is 11.7. The number of halogens is 3. The summed E-state index contributed by atoms with van der Waals surface area (Å²) in [4.78, 5) is 5.62. The van der Waals surface area contributed by atoms with Crippen molar-refractivity contribution in [2.45, 2.75) is 32.0 Å². The lowest BCUT2D eigenvalue weighted by molar-refractivity contribution is -0.147. The van der Waals surface area contributed by atoms with Crippen molar-refractivity contribution in [3.05, 3.63) is 23.4 Å². The minimum Gasteiger partial charge on any atom is -0.367 e. The highest BCUT2D eigenvalue weighted by molar-refractivity contribution is 5.43. The van der Waals surface area contributed by atoms with E-state index in [1.165, 1.54) is 4.90 Å². The fourth-order valence-corrected chi connectivity index (χ4v) is 2.42. The summed E-state index contributed by atoms with van der Waals surface area (Å²) in [6.07, 6.45) is -2.87. The zero-order chi connectivity index (χ0) is 15.5. The molecule has 0 bridgehead atoms. The second-order valence-corrected chi connectivity index (χ2v) is 5.28. The van der Waals surface area contributed by atoms with Gasteiger partial charge in [-0.2, -0.15) is 18.4 Å². The second-order valence-electron chi connectivity index (χ2n) is 5.28. The SMILES string of the molecule is Cc1ccc(NC2CCN(CC(F)(F)F)CC2)nc1C#N. The number of likely N-dealkylation sites (tertiary alicyclic amines) is 1. The van der Waals surface area contributed by atoms with Crippen LogP contribution in [0, 0.1) is 18.3 Å². The highest BCUT2D eigenvalue weighted by Gasteiger charge is 2.32. The van der Waals surface area contributed by atoms with Crippen molar-refractivity contribution in [3.8, 4) is 6.07 Å². The number of hydrogen-bond donors (Lipinski definition) is 1. The molecule has 1 N–H and O–H groups in total. The number of nitrogens with one attached hydrogen (secondary N) is 1. The van der Waals surface area contributed by atoms with Crippen LogP contribution in [0.3, 0.4) is 0 Å². The lowest BCUT2D eigenvalue weighted by atomic mass is 10.0. The Morgan fingerprint density at radius 1 is 1.38 bits per heavy atom. The molecule has 0 aromatic carbocycles. The first-order valence-corrected chi connectivity index (χ1v) is 6.81. The topological polar surface area (TPSA) is 52.0 Å². The number of piperidine rings is 1. The average molecular weight is 298 g/mol. The van der Waals surface area contributed by atoms with Gasteiger partial charge >= 0.3 is 6.18 Å². The molecule has 1 aliphatic heterocycles. The van der Waals surface area contributed by atoms with Crippen LogP contribution < -0.4 is 5.32 Å². The number of aromatic nitrogens is 1. The Morgan fingerprint density at radius 3 is 2.62 bits per heavy atom. The lowest BCUT2D eigenvalue weighted by Crippen LogP contribution is -2.43. The zero-order valence-corrected chi connectivity index (χ0v) is 11.7. The van der Waals surface area contributed by atoms with E-state index in [4.69, 9.17) is 5.26 Å². The van der Waals surface area contributed by atoms with Gasteiger partial charge in [-0.1, -0.05) is 6.07 Å². The molecule has 1 aromatic rings. The highest BCUT2D eigenvalue weighted by Crippen LogP contribution is 2.21. The van der Waals surface area contributed by atoms with Crippen LogP contribution in [0.25, 0.3) is 0 Å². The monoisotopic (exact) mass is 298 g/mol. The minimum absolute atomic E-state index is 0.0937. The molecular formula is C14H17F3N4. The maximum atomic E-state index is 12.3. The van der Waals surface area contributed by atoms with Gasteiger partial charge in [0.05, 0.1) is 6.54 Å². The summed E-state index contributed by atoms with van der Waals surface area (Å²) >= 11 is 0. The Labute approximate surface area is 121 Å². The molecule has 114 valence electrons. The molecule has 0 spiro atoms. The fourth-order valence-electron chi connectivity index (χ4n) is 2.42. The number of hydrogen-bond acceptors (Lipinski definition) is 4. The molecule has 2 rings (SSSR count). The van der Waals surface area contributed by atoms with Gasteiger partial charge in [0.25, 0.3) is 0 Å². The first-order chi connectivity index (χ1) is 9.87. The van der Waals surface area contributed by atoms with E-state index in [-0.39, 0.29) is 6.04 Å². The Kier molecular flexibility index (Phi) is 4.68. The van der Waals surface area contributed by atoms with E-state index in [1.807, 2.05) is 19.1 Å². The van der Waals surface area contributed by atoms with Crippen LogP contribution in [0.1, 0.15) is 24.1 Å². The van der Waals surface area contributed by atoms with Crippen LogP contribution in [-0.2, 0) is 0 Å². The van der Waals surface area contributed by atoms with Crippen LogP contribution in [0.2, 0.25) is 0 Å². The normalized spacial score (nSPS) is 17.5. The Balaban J connectivity index is 1.88. The summed E-state index contributed by atoms with van der Waals surface area (Å²) in [6.45, 7) is 1.79. The molecule has 0 amide bonds. The molecule has 0 atom stereocenters. The molecule has 1 aliphatic rings. The molecule has 0 unspecified atom stereocenters. The van der Waals surface area contributed by atoms with Gasteiger partial charge in [0.1, 0.15) is 17.6 Å². The lowest BCUT2D eigenvalue weighted by Gasteiger charge is -2.32. The average Bonchev–Trinajstić information content (AvgIpc) is 2.41. The van der Waals surface area contributed by atoms with E-state index in [1.54, 1.807) is 6.07 Å². The second kappa shape index (κ2) is 6.31. The quantitative estimate of drug-likeness (QED) is 0.932. The van der Waals surface area contributed by atoms with Crippen LogP contribution in [-0.4, -0.2) is 41.7 Å². The van der Waals surface area contributed by atoms with E-state index >= 15 is 0 Å². The molecule has 0 saturated carbocycles. The summed E-state index contributed by atoms with van der Waals surface area (Å²) in [5.41, 5.74) is 1.18. The summed E-state index contributed by atoms with van der Waals surface area (Å²) in [5, 5.41) is 12.1.